The van der Waals surface area contributed by atoms with Gasteiger partial charge in [0.15, 0.2) is 0 Å². The van der Waals surface area contributed by atoms with Gasteiger partial charge >= 0.3 is 0 Å². The molecule has 0 radical (unpaired) electrons. The van der Waals surface area contributed by atoms with E-state index in [0.717, 1.165) is 19.1 Å². The molecule has 2 fully saturated rings. The van der Waals surface area contributed by atoms with Gasteiger partial charge in [-0.25, -0.2) is 0 Å². The van der Waals surface area contributed by atoms with Crippen LogP contribution >= 0.6 is 0 Å². The lowest BCUT2D eigenvalue weighted by atomic mass is 10.1. The lowest BCUT2D eigenvalue weighted by Gasteiger charge is -2.26. The maximum atomic E-state index is 6.09. The van der Waals surface area contributed by atoms with E-state index in [1.165, 1.54) is 44.9 Å². The monoisotopic (exact) mass is 211 g/mol. The third-order valence-corrected chi connectivity index (χ3v) is 3.66. The molecule has 0 aromatic rings. The summed E-state index contributed by atoms with van der Waals surface area (Å²) in [6.45, 7) is 4.29. The molecule has 1 N–H and O–H groups in total. The standard InChI is InChI=1S/C13H25NO/c1-2-14-12-6-4-3-5-7-13(12)15-10-11-8-9-11/h11-14H,2-10H2,1H3. The Bertz CT molecular complexity index is 179. The van der Waals surface area contributed by atoms with E-state index in [2.05, 4.69) is 12.2 Å². The fourth-order valence-corrected chi connectivity index (χ4v) is 2.51. The summed E-state index contributed by atoms with van der Waals surface area (Å²) < 4.78 is 6.09. The van der Waals surface area contributed by atoms with Crippen LogP contribution in [0.1, 0.15) is 51.9 Å². The molecule has 2 heteroatoms. The van der Waals surface area contributed by atoms with E-state index in [4.69, 9.17) is 4.74 Å². The van der Waals surface area contributed by atoms with Crippen molar-refractivity contribution in [3.63, 3.8) is 0 Å². The first-order valence-electron chi connectivity index (χ1n) is 6.75. The van der Waals surface area contributed by atoms with Crippen LogP contribution in [0.3, 0.4) is 0 Å². The van der Waals surface area contributed by atoms with Gasteiger partial charge in [0.05, 0.1) is 6.10 Å². The molecule has 2 rings (SSSR count). The zero-order valence-electron chi connectivity index (χ0n) is 10.0. The second-order valence-electron chi connectivity index (χ2n) is 5.12. The zero-order valence-corrected chi connectivity index (χ0v) is 10.0. The van der Waals surface area contributed by atoms with Crippen LogP contribution in [0.25, 0.3) is 0 Å². The van der Waals surface area contributed by atoms with Gasteiger partial charge in [0.1, 0.15) is 0 Å². The summed E-state index contributed by atoms with van der Waals surface area (Å²) in [5, 5.41) is 3.59. The highest BCUT2D eigenvalue weighted by Gasteiger charge is 2.27. The number of ether oxygens (including phenoxy) is 1. The average Bonchev–Trinajstić information content (AvgIpc) is 3.03. The number of rotatable bonds is 5. The molecule has 2 saturated carbocycles. The quantitative estimate of drug-likeness (QED) is 0.706. The van der Waals surface area contributed by atoms with E-state index in [-0.39, 0.29) is 0 Å². The first-order valence-corrected chi connectivity index (χ1v) is 6.75. The van der Waals surface area contributed by atoms with E-state index in [0.29, 0.717) is 12.1 Å². The highest BCUT2D eigenvalue weighted by Crippen LogP contribution is 2.30. The van der Waals surface area contributed by atoms with Crippen molar-refractivity contribution in [3.05, 3.63) is 0 Å². The molecule has 2 atom stereocenters. The summed E-state index contributed by atoms with van der Waals surface area (Å²) >= 11 is 0. The van der Waals surface area contributed by atoms with Gasteiger partial charge in [0.25, 0.3) is 0 Å². The summed E-state index contributed by atoms with van der Waals surface area (Å²) in [5.41, 5.74) is 0. The van der Waals surface area contributed by atoms with Crippen LogP contribution in [0.4, 0.5) is 0 Å². The molecule has 0 bridgehead atoms. The zero-order chi connectivity index (χ0) is 10.5. The molecule has 0 heterocycles. The third-order valence-electron chi connectivity index (χ3n) is 3.66. The van der Waals surface area contributed by atoms with Gasteiger partial charge in [0.2, 0.25) is 0 Å². The fourth-order valence-electron chi connectivity index (χ4n) is 2.51. The minimum absolute atomic E-state index is 0.494. The van der Waals surface area contributed by atoms with Crippen LogP contribution in [-0.4, -0.2) is 25.3 Å². The van der Waals surface area contributed by atoms with E-state index in [1.807, 2.05) is 0 Å². The summed E-state index contributed by atoms with van der Waals surface area (Å²) in [6, 6.07) is 0.622. The Morgan fingerprint density at radius 1 is 1.07 bits per heavy atom. The van der Waals surface area contributed by atoms with E-state index >= 15 is 0 Å². The lowest BCUT2D eigenvalue weighted by molar-refractivity contribution is 0.0164. The van der Waals surface area contributed by atoms with Gasteiger partial charge in [-0.2, -0.15) is 0 Å². The second-order valence-corrected chi connectivity index (χ2v) is 5.12. The van der Waals surface area contributed by atoms with Crippen molar-refractivity contribution in [2.45, 2.75) is 64.0 Å². The van der Waals surface area contributed by atoms with Crippen molar-refractivity contribution in [2.24, 2.45) is 5.92 Å². The minimum atomic E-state index is 0.494. The van der Waals surface area contributed by atoms with Crippen molar-refractivity contribution < 1.29 is 4.74 Å². The Hall–Kier alpha value is -0.0800. The van der Waals surface area contributed by atoms with Gasteiger partial charge in [-0.1, -0.05) is 26.2 Å². The van der Waals surface area contributed by atoms with Crippen LogP contribution in [0.2, 0.25) is 0 Å². The highest BCUT2D eigenvalue weighted by molar-refractivity contribution is 4.81. The SMILES string of the molecule is CCNC1CCCCCC1OCC1CC1. The molecular formula is C13H25NO. The summed E-state index contributed by atoms with van der Waals surface area (Å²) in [7, 11) is 0. The average molecular weight is 211 g/mol. The molecule has 2 unspecified atom stereocenters. The Morgan fingerprint density at radius 3 is 2.60 bits per heavy atom. The topological polar surface area (TPSA) is 21.3 Å². The molecule has 0 aliphatic heterocycles. The fraction of sp³-hybridized carbons (Fsp3) is 1.00. The Labute approximate surface area is 93.8 Å². The first-order chi connectivity index (χ1) is 7.40. The van der Waals surface area contributed by atoms with Crippen molar-refractivity contribution in [1.29, 1.82) is 0 Å². The number of likely N-dealkylation sites (N-methyl/N-ethyl adjacent to an activating group) is 1. The lowest BCUT2D eigenvalue weighted by Crippen LogP contribution is -2.40. The predicted octanol–water partition coefficient (Wildman–Crippen LogP) is 2.72. The molecule has 88 valence electrons. The number of hydrogen-bond donors (Lipinski definition) is 1. The molecule has 0 amide bonds. The van der Waals surface area contributed by atoms with E-state index < -0.39 is 0 Å². The summed E-state index contributed by atoms with van der Waals surface area (Å²) in [6.07, 6.45) is 10.0. The van der Waals surface area contributed by atoms with Crippen LogP contribution in [0.15, 0.2) is 0 Å². The Kier molecular flexibility index (Phi) is 4.45. The van der Waals surface area contributed by atoms with Gasteiger partial charge in [0, 0.05) is 12.6 Å². The van der Waals surface area contributed by atoms with Gasteiger partial charge < -0.3 is 10.1 Å². The molecule has 0 spiro atoms. The summed E-state index contributed by atoms with van der Waals surface area (Å²) in [5.74, 6) is 0.899. The minimum Gasteiger partial charge on any atom is -0.376 e. The van der Waals surface area contributed by atoms with Crippen molar-refractivity contribution >= 4 is 0 Å². The largest absolute Gasteiger partial charge is 0.376 e. The third kappa shape index (κ3) is 3.76. The van der Waals surface area contributed by atoms with Gasteiger partial charge in [-0.3, -0.25) is 0 Å². The van der Waals surface area contributed by atoms with Crippen molar-refractivity contribution in [2.75, 3.05) is 13.2 Å². The maximum Gasteiger partial charge on any atom is 0.0728 e. The van der Waals surface area contributed by atoms with E-state index in [1.54, 1.807) is 0 Å². The normalized spacial score (nSPS) is 32.6. The number of nitrogens with one attached hydrogen (secondary N) is 1. The molecule has 2 aliphatic rings. The molecular weight excluding hydrogens is 186 g/mol. The van der Waals surface area contributed by atoms with Crippen molar-refractivity contribution in [1.82, 2.24) is 5.32 Å². The predicted molar refractivity (Wildman–Crippen MR) is 63.0 cm³/mol. The molecule has 2 aliphatic carbocycles. The van der Waals surface area contributed by atoms with Crippen LogP contribution in [0.5, 0.6) is 0 Å². The van der Waals surface area contributed by atoms with Gasteiger partial charge in [-0.15, -0.1) is 0 Å². The van der Waals surface area contributed by atoms with Gasteiger partial charge in [-0.05, 0) is 38.1 Å². The second kappa shape index (κ2) is 5.86. The van der Waals surface area contributed by atoms with Crippen molar-refractivity contribution in [3.8, 4) is 0 Å². The Morgan fingerprint density at radius 2 is 1.87 bits per heavy atom. The molecule has 2 nitrogen and oxygen atoms in total. The number of hydrogen-bond acceptors (Lipinski definition) is 2. The Balaban J connectivity index is 1.78. The van der Waals surface area contributed by atoms with Crippen LogP contribution in [0, 0.1) is 5.92 Å². The molecule has 0 saturated heterocycles. The highest BCUT2D eigenvalue weighted by atomic mass is 16.5. The maximum absolute atomic E-state index is 6.09. The molecule has 0 aromatic heterocycles. The van der Waals surface area contributed by atoms with E-state index in [9.17, 15) is 0 Å². The summed E-state index contributed by atoms with van der Waals surface area (Å²) in [4.78, 5) is 0. The molecule has 15 heavy (non-hydrogen) atoms. The first kappa shape index (κ1) is 11.4. The van der Waals surface area contributed by atoms with Crippen LogP contribution in [-0.2, 0) is 4.74 Å². The van der Waals surface area contributed by atoms with Crippen LogP contribution < -0.4 is 5.32 Å². The molecule has 0 aromatic carbocycles. The smallest absolute Gasteiger partial charge is 0.0728 e.